The van der Waals surface area contributed by atoms with Crippen molar-refractivity contribution >= 4 is 23.5 Å². The quantitative estimate of drug-likeness (QED) is 0.565. The van der Waals surface area contributed by atoms with Crippen LogP contribution in [0, 0.1) is 0 Å². The molecule has 1 amide bonds. The number of likely N-dealkylation sites (N-methyl/N-ethyl adjacent to an activating group) is 1. The zero-order chi connectivity index (χ0) is 25.4. The van der Waals surface area contributed by atoms with Crippen LogP contribution in [0.4, 0.5) is 17.6 Å². The largest absolute Gasteiger partial charge is 0.368 e. The highest BCUT2D eigenvalue weighted by Crippen LogP contribution is 2.32. The van der Waals surface area contributed by atoms with Crippen LogP contribution in [-0.2, 0) is 19.4 Å². The van der Waals surface area contributed by atoms with Crippen molar-refractivity contribution in [2.75, 3.05) is 48.8 Å². The van der Waals surface area contributed by atoms with Crippen LogP contribution in [0.1, 0.15) is 41.0 Å². The molecule has 5 rings (SSSR count). The Kier molecular flexibility index (Phi) is 6.49. The predicted molar refractivity (Wildman–Crippen MR) is 143 cm³/mol. The third kappa shape index (κ3) is 4.70. The third-order valence-corrected chi connectivity index (χ3v) is 7.32. The van der Waals surface area contributed by atoms with Crippen LogP contribution in [0.25, 0.3) is 11.3 Å². The summed E-state index contributed by atoms with van der Waals surface area (Å²) in [5.41, 5.74) is 17.2. The number of primary amides is 1. The van der Waals surface area contributed by atoms with Crippen molar-refractivity contribution in [2.45, 2.75) is 39.3 Å². The molecular weight excluding hydrogens is 452 g/mol. The van der Waals surface area contributed by atoms with E-state index in [0.717, 1.165) is 61.1 Å². The van der Waals surface area contributed by atoms with Crippen LogP contribution < -0.4 is 21.3 Å². The molecule has 0 spiro atoms. The van der Waals surface area contributed by atoms with Gasteiger partial charge in [-0.05, 0) is 55.6 Å². The summed E-state index contributed by atoms with van der Waals surface area (Å²) in [4.78, 5) is 32.6. The topological polar surface area (TPSA) is 118 Å². The molecule has 1 atom stereocenters. The van der Waals surface area contributed by atoms with Gasteiger partial charge in [0.25, 0.3) is 5.91 Å². The van der Waals surface area contributed by atoms with Gasteiger partial charge in [-0.1, -0.05) is 25.1 Å². The second-order valence-corrected chi connectivity index (χ2v) is 9.82. The number of anilines is 3. The highest BCUT2D eigenvalue weighted by Gasteiger charge is 2.26. The lowest BCUT2D eigenvalue weighted by Crippen LogP contribution is -2.45. The second kappa shape index (κ2) is 9.73. The maximum absolute atomic E-state index is 11.9. The van der Waals surface area contributed by atoms with Crippen LogP contribution in [0.3, 0.4) is 0 Å². The number of fused-ring (bicyclic) bond motifs is 1. The van der Waals surface area contributed by atoms with Crippen LogP contribution >= 0.6 is 0 Å². The zero-order valence-corrected chi connectivity index (χ0v) is 21.2. The molecule has 3 aromatic rings. The van der Waals surface area contributed by atoms with Crippen molar-refractivity contribution in [3.8, 4) is 11.3 Å². The number of rotatable bonds is 5. The summed E-state index contributed by atoms with van der Waals surface area (Å²) in [7, 11) is 2.14. The van der Waals surface area contributed by atoms with E-state index in [-0.39, 0.29) is 6.04 Å². The number of nitrogens with two attached hydrogens (primary N) is 2. The number of carbonyl (C=O) groups excluding carboxylic acids is 1. The highest BCUT2D eigenvalue weighted by molar-refractivity contribution is 5.93. The minimum absolute atomic E-state index is 0.265. The number of nitrogen functional groups attached to an aromatic ring is 1. The predicted octanol–water partition coefficient (Wildman–Crippen LogP) is 2.49. The van der Waals surface area contributed by atoms with Gasteiger partial charge in [0.05, 0.1) is 5.69 Å². The van der Waals surface area contributed by atoms with Crippen molar-refractivity contribution in [3.05, 3.63) is 58.8 Å². The van der Waals surface area contributed by atoms with E-state index in [9.17, 15) is 4.79 Å². The molecule has 1 aromatic carbocycles. The van der Waals surface area contributed by atoms with E-state index < -0.39 is 5.91 Å². The molecule has 9 heteroatoms. The van der Waals surface area contributed by atoms with Gasteiger partial charge in [-0.15, -0.1) is 0 Å². The number of nitrogens with zero attached hydrogens (tertiary/aromatic N) is 6. The molecule has 1 unspecified atom stereocenters. The molecular formula is C27H34N8O. The Balaban J connectivity index is 1.45. The first kappa shape index (κ1) is 24.0. The summed E-state index contributed by atoms with van der Waals surface area (Å²) in [5, 5.41) is 0. The van der Waals surface area contributed by atoms with Crippen molar-refractivity contribution in [3.63, 3.8) is 0 Å². The van der Waals surface area contributed by atoms with Gasteiger partial charge in [-0.3, -0.25) is 4.79 Å². The average molecular weight is 487 g/mol. The molecule has 4 N–H and O–H groups in total. The van der Waals surface area contributed by atoms with E-state index in [1.165, 1.54) is 11.1 Å². The van der Waals surface area contributed by atoms with Crippen LogP contribution in [0.5, 0.6) is 0 Å². The van der Waals surface area contributed by atoms with E-state index >= 15 is 0 Å². The Bertz CT molecular complexity index is 1280. The molecule has 0 bridgehead atoms. The van der Waals surface area contributed by atoms with Crippen LogP contribution in [0.15, 0.2) is 36.4 Å². The van der Waals surface area contributed by atoms with E-state index in [4.69, 9.17) is 11.5 Å². The Morgan fingerprint density at radius 3 is 2.47 bits per heavy atom. The summed E-state index contributed by atoms with van der Waals surface area (Å²) < 4.78 is 0. The number of aromatic nitrogens is 3. The lowest BCUT2D eigenvalue weighted by atomic mass is 9.92. The Hall–Kier alpha value is -3.72. The lowest BCUT2D eigenvalue weighted by Gasteiger charge is -2.37. The molecule has 2 aliphatic heterocycles. The number of amides is 1. The second-order valence-electron chi connectivity index (χ2n) is 9.82. The van der Waals surface area contributed by atoms with Crippen molar-refractivity contribution in [2.24, 2.45) is 5.73 Å². The first-order valence-corrected chi connectivity index (χ1v) is 12.6. The van der Waals surface area contributed by atoms with Crippen LogP contribution in [0.2, 0.25) is 0 Å². The molecule has 188 valence electrons. The van der Waals surface area contributed by atoms with Crippen LogP contribution in [-0.4, -0.2) is 65.0 Å². The number of hydrogen-bond donors (Lipinski definition) is 2. The fourth-order valence-electron chi connectivity index (χ4n) is 5.14. The molecule has 2 aromatic heterocycles. The summed E-state index contributed by atoms with van der Waals surface area (Å²) in [6.45, 7) is 8.76. The Labute approximate surface area is 212 Å². The minimum atomic E-state index is -0.496. The van der Waals surface area contributed by atoms with E-state index in [1.54, 1.807) is 0 Å². The fourth-order valence-corrected chi connectivity index (χ4v) is 5.14. The molecule has 36 heavy (non-hydrogen) atoms. The monoisotopic (exact) mass is 486 g/mol. The van der Waals surface area contributed by atoms with Gasteiger partial charge in [0.1, 0.15) is 17.3 Å². The first-order chi connectivity index (χ1) is 17.3. The fraction of sp³-hybridized carbons (Fsp3) is 0.407. The summed E-state index contributed by atoms with van der Waals surface area (Å²) in [6, 6.07) is 12.6. The van der Waals surface area contributed by atoms with Gasteiger partial charge in [0.15, 0.2) is 0 Å². The number of carbonyl (C=O) groups is 1. The maximum atomic E-state index is 11.9. The van der Waals surface area contributed by atoms with Crippen molar-refractivity contribution in [1.82, 2.24) is 19.9 Å². The summed E-state index contributed by atoms with van der Waals surface area (Å²) in [6.07, 6.45) is 1.61. The molecule has 1 saturated heterocycles. The summed E-state index contributed by atoms with van der Waals surface area (Å²) in [5.74, 6) is 1.54. The average Bonchev–Trinajstić information content (AvgIpc) is 2.87. The Morgan fingerprint density at radius 2 is 1.75 bits per heavy atom. The van der Waals surface area contributed by atoms with Gasteiger partial charge >= 0.3 is 0 Å². The number of aryl methyl sites for hydroxylation is 1. The first-order valence-electron chi connectivity index (χ1n) is 12.6. The molecule has 0 aliphatic carbocycles. The van der Waals surface area contributed by atoms with Gasteiger partial charge in [0.2, 0.25) is 5.95 Å². The number of pyridine rings is 1. The number of hydrogen-bond acceptors (Lipinski definition) is 8. The van der Waals surface area contributed by atoms with Crippen molar-refractivity contribution < 1.29 is 4.79 Å². The van der Waals surface area contributed by atoms with Gasteiger partial charge in [-0.2, -0.15) is 9.97 Å². The van der Waals surface area contributed by atoms with Gasteiger partial charge in [0, 0.05) is 50.4 Å². The normalized spacial score (nSPS) is 18.2. The third-order valence-electron chi connectivity index (χ3n) is 7.32. The Morgan fingerprint density at radius 1 is 1.00 bits per heavy atom. The molecule has 9 nitrogen and oxygen atoms in total. The number of benzene rings is 1. The smallest absolute Gasteiger partial charge is 0.267 e. The van der Waals surface area contributed by atoms with Gasteiger partial charge < -0.3 is 26.2 Å². The molecule has 0 saturated carbocycles. The van der Waals surface area contributed by atoms with E-state index in [2.05, 4.69) is 67.9 Å². The van der Waals surface area contributed by atoms with Crippen molar-refractivity contribution in [1.29, 1.82) is 0 Å². The number of piperazine rings is 1. The summed E-state index contributed by atoms with van der Waals surface area (Å²) >= 11 is 0. The van der Waals surface area contributed by atoms with Gasteiger partial charge in [-0.25, -0.2) is 4.98 Å². The lowest BCUT2D eigenvalue weighted by molar-refractivity contribution is 0.0994. The molecule has 1 fully saturated rings. The van der Waals surface area contributed by atoms with E-state index in [0.29, 0.717) is 24.6 Å². The van der Waals surface area contributed by atoms with E-state index in [1.807, 2.05) is 19.1 Å². The molecule has 0 radical (unpaired) electrons. The molecule has 4 heterocycles. The molecule has 2 aliphatic rings. The minimum Gasteiger partial charge on any atom is -0.368 e. The zero-order valence-electron chi connectivity index (χ0n) is 21.2. The highest BCUT2D eigenvalue weighted by atomic mass is 16.1. The standard InChI is InChI=1S/C27H34N8O/c1-4-18-7-8-22(30-25(18)26(28)36)20-6-5-19-13-17(2)35(16-21(19)14-20)24-15-23(31-27(29)32-24)34-11-9-33(3)10-12-34/h5-8,14-15,17H,4,9-13,16H2,1-3H3,(H2,28,36)(H2,29,31,32). The SMILES string of the molecule is CCc1ccc(-c2ccc3c(c2)CN(c2cc(N4CCN(C)CC4)nc(N)n2)C(C)C3)nc1C(N)=O. The maximum Gasteiger partial charge on any atom is 0.267 e.